The average Bonchev–Trinajstić information content (AvgIpc) is 3.36. The Morgan fingerprint density at radius 3 is 2.31 bits per heavy atom. The smallest absolute Gasteiger partial charge is 0.203 e. The van der Waals surface area contributed by atoms with Crippen molar-refractivity contribution in [3.05, 3.63) is 60.0 Å². The number of nitrogens with zero attached hydrogens (tertiary/aromatic N) is 2. The van der Waals surface area contributed by atoms with E-state index in [1.807, 2.05) is 6.07 Å². The Morgan fingerprint density at radius 2 is 1.66 bits per heavy atom. The molecule has 1 aromatic heterocycles. The summed E-state index contributed by atoms with van der Waals surface area (Å²) in [5, 5.41) is 7.79. The van der Waals surface area contributed by atoms with Crippen molar-refractivity contribution >= 4 is 22.2 Å². The van der Waals surface area contributed by atoms with Gasteiger partial charge >= 0.3 is 0 Å². The number of hydrazone groups is 1. The summed E-state index contributed by atoms with van der Waals surface area (Å²) in [6, 6.07) is 19.1. The molecule has 2 fully saturated rings. The molecule has 3 nitrogen and oxygen atoms in total. The van der Waals surface area contributed by atoms with Gasteiger partial charge in [0.2, 0.25) is 5.13 Å². The minimum atomic E-state index is 0.220. The van der Waals surface area contributed by atoms with Gasteiger partial charge in [0.1, 0.15) is 0 Å². The molecule has 29 heavy (non-hydrogen) atoms. The monoisotopic (exact) mass is 401 g/mol. The van der Waals surface area contributed by atoms with Crippen molar-refractivity contribution in [2.75, 3.05) is 5.43 Å². The van der Waals surface area contributed by atoms with E-state index in [0.29, 0.717) is 5.41 Å². The van der Waals surface area contributed by atoms with E-state index >= 15 is 0 Å². The molecule has 2 bridgehead atoms. The third kappa shape index (κ3) is 3.01. The summed E-state index contributed by atoms with van der Waals surface area (Å²) in [5.74, 6) is 0.767. The number of hydrogen-bond donors (Lipinski definition) is 1. The molecule has 2 aliphatic rings. The van der Waals surface area contributed by atoms with Crippen molar-refractivity contribution in [1.82, 2.24) is 4.98 Å². The fourth-order valence-electron chi connectivity index (χ4n) is 5.13. The maximum atomic E-state index is 4.82. The van der Waals surface area contributed by atoms with Crippen molar-refractivity contribution in [3.8, 4) is 22.4 Å². The Bertz CT molecular complexity index is 1050. The molecule has 5 rings (SSSR count). The molecular formula is C25H27N3S. The van der Waals surface area contributed by atoms with Crippen molar-refractivity contribution < 1.29 is 0 Å². The van der Waals surface area contributed by atoms with Crippen molar-refractivity contribution in [2.45, 2.75) is 40.0 Å². The Labute approximate surface area is 176 Å². The molecule has 0 amide bonds. The van der Waals surface area contributed by atoms with Gasteiger partial charge in [0.05, 0.1) is 5.69 Å². The molecule has 3 aromatic rings. The van der Waals surface area contributed by atoms with Crippen LogP contribution < -0.4 is 5.43 Å². The van der Waals surface area contributed by atoms with Gasteiger partial charge in [-0.1, -0.05) is 75.4 Å². The highest BCUT2D eigenvalue weighted by molar-refractivity contribution is 7.14. The van der Waals surface area contributed by atoms with Crippen LogP contribution in [0.25, 0.3) is 22.4 Å². The van der Waals surface area contributed by atoms with Gasteiger partial charge in [-0.2, -0.15) is 5.10 Å². The lowest BCUT2D eigenvalue weighted by Crippen LogP contribution is -2.32. The molecule has 0 unspecified atom stereocenters. The molecule has 148 valence electrons. The summed E-state index contributed by atoms with van der Waals surface area (Å²) in [6.45, 7) is 7.21. The first-order valence-corrected chi connectivity index (χ1v) is 11.3. The molecule has 2 aliphatic carbocycles. The number of fused-ring (bicyclic) bond motifs is 2. The average molecular weight is 402 g/mol. The van der Waals surface area contributed by atoms with Crippen molar-refractivity contribution in [1.29, 1.82) is 0 Å². The van der Waals surface area contributed by atoms with Crippen LogP contribution in [-0.4, -0.2) is 10.7 Å². The van der Waals surface area contributed by atoms with E-state index < -0.39 is 0 Å². The van der Waals surface area contributed by atoms with Crippen LogP contribution >= 0.6 is 11.3 Å². The van der Waals surface area contributed by atoms with E-state index in [9.17, 15) is 0 Å². The largest absolute Gasteiger partial charge is 0.253 e. The second kappa shape index (κ2) is 6.81. The van der Waals surface area contributed by atoms with E-state index in [4.69, 9.17) is 10.1 Å². The zero-order chi connectivity index (χ0) is 20.1. The zero-order valence-corrected chi connectivity index (χ0v) is 18.1. The lowest BCUT2D eigenvalue weighted by atomic mass is 9.70. The van der Waals surface area contributed by atoms with Gasteiger partial charge in [-0.25, -0.2) is 4.98 Å². The van der Waals surface area contributed by atoms with Crippen LogP contribution in [0, 0.1) is 16.7 Å². The number of thiazole rings is 1. The van der Waals surface area contributed by atoms with Gasteiger partial charge in [-0.3, -0.25) is 5.43 Å². The van der Waals surface area contributed by atoms with Crippen LogP contribution in [0.15, 0.2) is 65.1 Å². The third-order valence-corrected chi connectivity index (χ3v) is 8.34. The first-order chi connectivity index (χ1) is 14.0. The van der Waals surface area contributed by atoms with E-state index in [1.54, 1.807) is 11.3 Å². The minimum Gasteiger partial charge on any atom is -0.253 e. The van der Waals surface area contributed by atoms with Crippen molar-refractivity contribution in [2.24, 2.45) is 21.8 Å². The second-order valence-corrected chi connectivity index (χ2v) is 10.0. The molecule has 4 heteroatoms. The highest BCUT2D eigenvalue weighted by Crippen LogP contribution is 2.63. The zero-order valence-electron chi connectivity index (χ0n) is 17.3. The molecule has 1 N–H and O–H groups in total. The quantitative estimate of drug-likeness (QED) is 0.474. The topological polar surface area (TPSA) is 37.3 Å². The molecule has 0 radical (unpaired) electrons. The number of aromatic nitrogens is 1. The number of nitrogens with one attached hydrogen (secondary N) is 1. The maximum absolute atomic E-state index is 4.82. The Hall–Kier alpha value is -2.46. The molecule has 2 aromatic carbocycles. The first kappa shape index (κ1) is 18.6. The summed E-state index contributed by atoms with van der Waals surface area (Å²) in [4.78, 5) is 4.77. The van der Waals surface area contributed by atoms with Crippen LogP contribution in [0.3, 0.4) is 0 Å². The fraction of sp³-hybridized carbons (Fsp3) is 0.360. The third-order valence-electron chi connectivity index (χ3n) is 7.59. The number of anilines is 1. The highest BCUT2D eigenvalue weighted by Gasteiger charge is 2.59. The first-order valence-electron chi connectivity index (χ1n) is 10.4. The van der Waals surface area contributed by atoms with Gasteiger partial charge < -0.3 is 0 Å². The summed E-state index contributed by atoms with van der Waals surface area (Å²) < 4.78 is 0. The Kier molecular flexibility index (Phi) is 4.36. The van der Waals surface area contributed by atoms with E-state index in [-0.39, 0.29) is 5.41 Å². The van der Waals surface area contributed by atoms with Crippen LogP contribution in [0.5, 0.6) is 0 Å². The molecule has 2 saturated carbocycles. The number of benzene rings is 2. The minimum absolute atomic E-state index is 0.220. The molecular weight excluding hydrogens is 374 g/mol. The standard InChI is InChI=1S/C25H27N3S/c1-24(2)20-13-14-25(24,3)22(15-20)27-28-23-26-21(16-29-23)19-11-9-18(10-12-19)17-7-5-4-6-8-17/h4-12,16,20H,13-15H2,1-3H3,(H,26,28)/b27-22-/t20-,25+/m0/s1. The van der Waals surface area contributed by atoms with E-state index in [2.05, 4.69) is 80.1 Å². The normalized spacial score (nSPS) is 26.2. The molecule has 0 spiro atoms. The maximum Gasteiger partial charge on any atom is 0.203 e. The second-order valence-electron chi connectivity index (χ2n) is 9.15. The highest BCUT2D eigenvalue weighted by atomic mass is 32.1. The van der Waals surface area contributed by atoms with E-state index in [0.717, 1.165) is 28.7 Å². The predicted molar refractivity (Wildman–Crippen MR) is 123 cm³/mol. The summed E-state index contributed by atoms with van der Waals surface area (Å²) in [6.07, 6.45) is 3.71. The van der Waals surface area contributed by atoms with Gasteiger partial charge in [0.25, 0.3) is 0 Å². The SMILES string of the molecule is CC1(C)[C@H]2CC[C@]1(C)/C(=N\Nc1nc(-c3ccc(-c4ccccc4)cc3)cs1)C2. The number of hydrogen-bond acceptors (Lipinski definition) is 4. The lowest BCUT2D eigenvalue weighted by Gasteiger charge is -2.34. The van der Waals surface area contributed by atoms with Gasteiger partial charge in [0, 0.05) is 22.1 Å². The van der Waals surface area contributed by atoms with Crippen LogP contribution in [0.1, 0.15) is 40.0 Å². The Balaban J connectivity index is 1.32. The van der Waals surface area contributed by atoms with Gasteiger partial charge in [0.15, 0.2) is 0 Å². The van der Waals surface area contributed by atoms with Crippen molar-refractivity contribution in [3.63, 3.8) is 0 Å². The Morgan fingerprint density at radius 1 is 0.966 bits per heavy atom. The van der Waals surface area contributed by atoms with Gasteiger partial charge in [-0.05, 0) is 41.7 Å². The summed E-state index contributed by atoms with van der Waals surface area (Å²) >= 11 is 1.62. The molecule has 0 saturated heterocycles. The van der Waals surface area contributed by atoms with Gasteiger partial charge in [-0.15, -0.1) is 11.3 Å². The van der Waals surface area contributed by atoms with E-state index in [1.165, 1.54) is 29.7 Å². The summed E-state index contributed by atoms with van der Waals surface area (Å²) in [5.41, 5.74) is 9.74. The predicted octanol–water partition coefficient (Wildman–Crippen LogP) is 7.09. The van der Waals surface area contributed by atoms with Crippen LogP contribution in [-0.2, 0) is 0 Å². The molecule has 0 aliphatic heterocycles. The van der Waals surface area contributed by atoms with Crippen LogP contribution in [0.4, 0.5) is 5.13 Å². The lowest BCUT2D eigenvalue weighted by molar-refractivity contribution is 0.194. The fourth-order valence-corrected chi connectivity index (χ4v) is 5.80. The van der Waals surface area contributed by atoms with Crippen LogP contribution in [0.2, 0.25) is 0 Å². The number of rotatable bonds is 4. The summed E-state index contributed by atoms with van der Waals surface area (Å²) in [7, 11) is 0. The molecule has 1 heterocycles. The molecule has 2 atom stereocenters.